The third-order valence-corrected chi connectivity index (χ3v) is 6.50. The Bertz CT molecular complexity index is 745. The van der Waals surface area contributed by atoms with E-state index in [1.165, 1.54) is 0 Å². The minimum Gasteiger partial charge on any atom is -0.394 e. The van der Waals surface area contributed by atoms with Crippen molar-refractivity contribution >= 4 is 5.91 Å². The van der Waals surface area contributed by atoms with Gasteiger partial charge in [-0.3, -0.25) is 4.79 Å². The molecule has 0 aliphatic carbocycles. The first kappa shape index (κ1) is 30.4. The Hall–Kier alpha value is -1.13. The number of nitrogens with one attached hydrogen (secondary N) is 1. The second-order valence-corrected chi connectivity index (χ2v) is 9.07. The summed E-state index contributed by atoms with van der Waals surface area (Å²) in [6.45, 7) is -1.24. The first-order chi connectivity index (χ1) is 17.4. The third-order valence-electron chi connectivity index (χ3n) is 6.50. The van der Waals surface area contributed by atoms with Crippen molar-refractivity contribution in [3.63, 3.8) is 0 Å². The molecule has 0 aromatic heterocycles. The van der Waals surface area contributed by atoms with Gasteiger partial charge in [0.1, 0.15) is 73.2 Å². The summed E-state index contributed by atoms with van der Waals surface area (Å²) in [6.07, 6.45) is -23.7. The fourth-order valence-corrected chi connectivity index (χ4v) is 4.43. The summed E-state index contributed by atoms with van der Waals surface area (Å²) in [5.74, 6) is -0.654. The van der Waals surface area contributed by atoms with Crippen LogP contribution in [0.25, 0.3) is 0 Å². The third kappa shape index (κ3) is 6.38. The second-order valence-electron chi connectivity index (χ2n) is 9.07. The number of carbonyl (C=O) groups is 1. The number of aliphatic hydroxyl groups is 10. The van der Waals surface area contributed by atoms with Crippen LogP contribution in [0.3, 0.4) is 0 Å². The molecule has 216 valence electrons. The van der Waals surface area contributed by atoms with Crippen LogP contribution in [0, 0.1) is 0 Å². The highest BCUT2D eigenvalue weighted by molar-refractivity contribution is 5.73. The molecule has 0 aromatic rings. The molecule has 3 aliphatic rings. The standard InChI is InChI=1S/C20H35NO16/c1-5(25)21-9-16(12(28)8(4-24)33-18(9)32)36-20-17(14(30)11(27)7(3-23)35-20)37-19-15(31)13(29)10(26)6(2-22)34-19/h6-20,22-24,26-32H,2-4H2,1H3,(H,21,25)/t6-,7-,8-,9-,10-,11-,12-,13+,14+,15+,16-,17+,18-,19-,20+/m1/s1. The first-order valence-electron chi connectivity index (χ1n) is 11.6. The van der Waals surface area contributed by atoms with Gasteiger partial charge in [-0.05, 0) is 0 Å². The van der Waals surface area contributed by atoms with Crippen molar-refractivity contribution in [3.8, 4) is 0 Å². The Balaban J connectivity index is 1.90. The molecule has 3 heterocycles. The molecule has 0 saturated carbocycles. The highest BCUT2D eigenvalue weighted by Gasteiger charge is 2.54. The number of aliphatic hydroxyl groups excluding tert-OH is 10. The molecule has 3 saturated heterocycles. The molecule has 0 unspecified atom stereocenters. The van der Waals surface area contributed by atoms with E-state index in [2.05, 4.69) is 5.32 Å². The van der Waals surface area contributed by atoms with E-state index >= 15 is 0 Å². The Morgan fingerprint density at radius 3 is 1.68 bits per heavy atom. The molecule has 15 atom stereocenters. The fourth-order valence-electron chi connectivity index (χ4n) is 4.43. The maximum absolute atomic E-state index is 11.7. The number of hydrogen-bond donors (Lipinski definition) is 11. The van der Waals surface area contributed by atoms with Crippen molar-refractivity contribution in [1.29, 1.82) is 0 Å². The molecule has 37 heavy (non-hydrogen) atoms. The number of amides is 1. The summed E-state index contributed by atoms with van der Waals surface area (Å²) in [6, 6.07) is -1.43. The monoisotopic (exact) mass is 545 g/mol. The Kier molecular flexibility index (Phi) is 10.5. The van der Waals surface area contributed by atoms with Crippen molar-refractivity contribution in [2.45, 2.75) is 99.0 Å². The predicted molar refractivity (Wildman–Crippen MR) is 113 cm³/mol. The lowest BCUT2D eigenvalue weighted by molar-refractivity contribution is -0.381. The maximum Gasteiger partial charge on any atom is 0.217 e. The highest BCUT2D eigenvalue weighted by Crippen LogP contribution is 2.32. The summed E-state index contributed by atoms with van der Waals surface area (Å²) in [5.41, 5.74) is 0. The van der Waals surface area contributed by atoms with Crippen LogP contribution in [0.5, 0.6) is 0 Å². The average Bonchev–Trinajstić information content (AvgIpc) is 2.86. The Morgan fingerprint density at radius 1 is 0.649 bits per heavy atom. The van der Waals surface area contributed by atoms with Gasteiger partial charge in [-0.25, -0.2) is 0 Å². The van der Waals surface area contributed by atoms with Gasteiger partial charge in [0, 0.05) is 6.92 Å². The van der Waals surface area contributed by atoms with Crippen LogP contribution in [-0.4, -0.2) is 169 Å². The molecule has 17 nitrogen and oxygen atoms in total. The van der Waals surface area contributed by atoms with Gasteiger partial charge in [-0.1, -0.05) is 0 Å². The van der Waals surface area contributed by atoms with E-state index < -0.39 is 118 Å². The minimum atomic E-state index is -1.90. The normalized spacial score (nSPS) is 49.0. The summed E-state index contributed by atoms with van der Waals surface area (Å²) in [4.78, 5) is 11.7. The predicted octanol–water partition coefficient (Wildman–Crippen LogP) is -7.43. The smallest absolute Gasteiger partial charge is 0.217 e. The van der Waals surface area contributed by atoms with Crippen molar-refractivity contribution in [2.75, 3.05) is 19.8 Å². The molecular formula is C20H35NO16. The van der Waals surface area contributed by atoms with Crippen LogP contribution in [0.2, 0.25) is 0 Å². The molecule has 0 aromatic carbocycles. The van der Waals surface area contributed by atoms with Gasteiger partial charge in [0.25, 0.3) is 0 Å². The topological polar surface area (TPSA) is 278 Å². The summed E-state index contributed by atoms with van der Waals surface area (Å²) in [7, 11) is 0. The lowest BCUT2D eigenvalue weighted by Gasteiger charge is -2.48. The van der Waals surface area contributed by atoms with Crippen molar-refractivity contribution < 1.29 is 79.5 Å². The van der Waals surface area contributed by atoms with Crippen LogP contribution >= 0.6 is 0 Å². The summed E-state index contributed by atoms with van der Waals surface area (Å²) in [5, 5.41) is 103. The van der Waals surface area contributed by atoms with Crippen molar-refractivity contribution in [1.82, 2.24) is 5.32 Å². The van der Waals surface area contributed by atoms with Crippen LogP contribution in [0.1, 0.15) is 6.92 Å². The van der Waals surface area contributed by atoms with E-state index in [1.54, 1.807) is 0 Å². The van der Waals surface area contributed by atoms with Gasteiger partial charge in [-0.2, -0.15) is 0 Å². The fraction of sp³-hybridized carbons (Fsp3) is 0.950. The molecule has 3 rings (SSSR count). The van der Waals surface area contributed by atoms with E-state index in [9.17, 15) is 55.9 Å². The van der Waals surface area contributed by atoms with Gasteiger partial charge in [-0.15, -0.1) is 0 Å². The number of rotatable bonds is 8. The van der Waals surface area contributed by atoms with Gasteiger partial charge in [0.2, 0.25) is 5.91 Å². The summed E-state index contributed by atoms with van der Waals surface area (Å²) >= 11 is 0. The molecule has 1 amide bonds. The number of carbonyl (C=O) groups excluding carboxylic acids is 1. The highest BCUT2D eigenvalue weighted by atomic mass is 16.8. The maximum atomic E-state index is 11.7. The Morgan fingerprint density at radius 2 is 1.14 bits per heavy atom. The average molecular weight is 545 g/mol. The van der Waals surface area contributed by atoms with E-state index in [0.29, 0.717) is 0 Å². The van der Waals surface area contributed by atoms with Crippen molar-refractivity contribution in [2.24, 2.45) is 0 Å². The zero-order chi connectivity index (χ0) is 27.6. The molecule has 0 spiro atoms. The van der Waals surface area contributed by atoms with E-state index in [-0.39, 0.29) is 0 Å². The van der Waals surface area contributed by atoms with Crippen molar-refractivity contribution in [3.05, 3.63) is 0 Å². The SMILES string of the molecule is CC(=O)N[C@@H]1[C@@H](O[C@@H]2O[C@H](CO)[C@@H](O)[C@H](O)[C@@H]2O[C@H]2O[C@H](CO)[C@@H](O)[C@H](O)[C@@H]2O)[C@H](O)[C@@H](CO)O[C@H]1O. The molecule has 11 N–H and O–H groups in total. The van der Waals surface area contributed by atoms with Gasteiger partial charge < -0.3 is 80.1 Å². The first-order valence-corrected chi connectivity index (χ1v) is 11.6. The zero-order valence-corrected chi connectivity index (χ0v) is 19.7. The number of ether oxygens (including phenoxy) is 5. The molecule has 0 radical (unpaired) electrons. The lowest BCUT2D eigenvalue weighted by atomic mass is 9.95. The van der Waals surface area contributed by atoms with Crippen LogP contribution in [-0.2, 0) is 28.5 Å². The largest absolute Gasteiger partial charge is 0.394 e. The van der Waals surface area contributed by atoms with Gasteiger partial charge in [0.15, 0.2) is 18.9 Å². The second kappa shape index (κ2) is 12.8. The molecule has 17 heteroatoms. The summed E-state index contributed by atoms with van der Waals surface area (Å²) < 4.78 is 27.2. The zero-order valence-electron chi connectivity index (χ0n) is 19.7. The molecular weight excluding hydrogens is 510 g/mol. The van der Waals surface area contributed by atoms with Crippen LogP contribution < -0.4 is 5.32 Å². The van der Waals surface area contributed by atoms with E-state index in [1.807, 2.05) is 0 Å². The molecule has 0 bridgehead atoms. The Labute approximate surface area is 210 Å². The van der Waals surface area contributed by atoms with E-state index in [0.717, 1.165) is 6.92 Å². The van der Waals surface area contributed by atoms with Crippen LogP contribution in [0.4, 0.5) is 0 Å². The van der Waals surface area contributed by atoms with E-state index in [4.69, 9.17) is 23.7 Å². The quantitative estimate of drug-likeness (QED) is 0.135. The minimum absolute atomic E-state index is 0.654. The molecule has 3 fully saturated rings. The van der Waals surface area contributed by atoms with Gasteiger partial charge >= 0.3 is 0 Å². The molecule has 3 aliphatic heterocycles. The van der Waals surface area contributed by atoms with Gasteiger partial charge in [0.05, 0.1) is 19.8 Å². The lowest BCUT2D eigenvalue weighted by Crippen LogP contribution is -2.68. The van der Waals surface area contributed by atoms with Crippen LogP contribution in [0.15, 0.2) is 0 Å². The number of hydrogen-bond acceptors (Lipinski definition) is 16.